The van der Waals surface area contributed by atoms with Crippen LogP contribution in [0.25, 0.3) is 0 Å². The number of hydrogen-bond donors (Lipinski definition) is 0. The average molecular weight is 217 g/mol. The summed E-state index contributed by atoms with van der Waals surface area (Å²) in [6.45, 7) is 4.40. The SMILES string of the molecule is CC(C)Cc1cccc(C(Cl)Cl)c1. The van der Waals surface area contributed by atoms with Crippen molar-refractivity contribution in [2.24, 2.45) is 5.92 Å². The molecular weight excluding hydrogens is 203 g/mol. The maximum absolute atomic E-state index is 5.78. The Kier molecular flexibility index (Phi) is 4.08. The smallest absolute Gasteiger partial charge is 0.100 e. The molecule has 0 fully saturated rings. The van der Waals surface area contributed by atoms with Crippen LogP contribution >= 0.6 is 23.2 Å². The molecule has 1 aromatic carbocycles. The molecule has 72 valence electrons. The van der Waals surface area contributed by atoms with Gasteiger partial charge in [-0.15, -0.1) is 23.2 Å². The van der Waals surface area contributed by atoms with E-state index >= 15 is 0 Å². The van der Waals surface area contributed by atoms with Gasteiger partial charge in [0, 0.05) is 0 Å². The Morgan fingerprint density at radius 2 is 1.92 bits per heavy atom. The maximum atomic E-state index is 5.78. The molecule has 0 aliphatic rings. The molecule has 1 aromatic rings. The predicted octanol–water partition coefficient (Wildman–Crippen LogP) is 4.36. The molecule has 0 aromatic heterocycles. The third-order valence-corrected chi connectivity index (χ3v) is 2.35. The summed E-state index contributed by atoms with van der Waals surface area (Å²) in [6.07, 6.45) is 1.08. The lowest BCUT2D eigenvalue weighted by molar-refractivity contribution is 0.647. The molecule has 0 aliphatic heterocycles. The first-order valence-corrected chi connectivity index (χ1v) is 5.34. The molecule has 0 saturated heterocycles. The van der Waals surface area contributed by atoms with E-state index in [1.165, 1.54) is 5.56 Å². The first-order valence-electron chi connectivity index (χ1n) is 4.46. The van der Waals surface area contributed by atoms with Gasteiger partial charge in [0.2, 0.25) is 0 Å². The Morgan fingerprint density at radius 1 is 1.23 bits per heavy atom. The van der Waals surface area contributed by atoms with Crippen molar-refractivity contribution in [3.63, 3.8) is 0 Å². The van der Waals surface area contributed by atoms with Gasteiger partial charge in [0.25, 0.3) is 0 Å². The highest BCUT2D eigenvalue weighted by Crippen LogP contribution is 2.25. The maximum Gasteiger partial charge on any atom is 0.132 e. The molecule has 0 aliphatic carbocycles. The normalized spacial score (nSPS) is 11.2. The molecule has 0 unspecified atom stereocenters. The lowest BCUT2D eigenvalue weighted by atomic mass is 10.0. The first-order chi connectivity index (χ1) is 6.09. The summed E-state index contributed by atoms with van der Waals surface area (Å²) < 4.78 is 0. The number of rotatable bonds is 3. The van der Waals surface area contributed by atoms with Gasteiger partial charge in [-0.25, -0.2) is 0 Å². The monoisotopic (exact) mass is 216 g/mol. The summed E-state index contributed by atoms with van der Waals surface area (Å²) in [5.74, 6) is 0.666. The summed E-state index contributed by atoms with van der Waals surface area (Å²) in [6, 6.07) is 8.14. The molecule has 1 rings (SSSR count). The van der Waals surface area contributed by atoms with Gasteiger partial charge < -0.3 is 0 Å². The molecule has 0 radical (unpaired) electrons. The van der Waals surface area contributed by atoms with E-state index in [0.29, 0.717) is 5.92 Å². The van der Waals surface area contributed by atoms with E-state index in [4.69, 9.17) is 23.2 Å². The second-order valence-electron chi connectivity index (χ2n) is 3.64. The van der Waals surface area contributed by atoms with Gasteiger partial charge in [0.15, 0.2) is 0 Å². The number of halogens is 2. The quantitative estimate of drug-likeness (QED) is 0.660. The fourth-order valence-corrected chi connectivity index (χ4v) is 1.60. The highest BCUT2D eigenvalue weighted by molar-refractivity contribution is 6.44. The summed E-state index contributed by atoms with van der Waals surface area (Å²) in [5.41, 5.74) is 2.29. The van der Waals surface area contributed by atoms with Crippen LogP contribution in [-0.4, -0.2) is 0 Å². The van der Waals surface area contributed by atoms with Crippen LogP contribution in [0.5, 0.6) is 0 Å². The minimum absolute atomic E-state index is 0.410. The zero-order valence-electron chi connectivity index (χ0n) is 7.93. The Labute approximate surface area is 89.9 Å². The number of hydrogen-bond acceptors (Lipinski definition) is 0. The fourth-order valence-electron chi connectivity index (χ4n) is 1.33. The molecule has 0 nitrogen and oxygen atoms in total. The molecular formula is C11H14Cl2. The van der Waals surface area contributed by atoms with E-state index in [-0.39, 0.29) is 0 Å². The van der Waals surface area contributed by atoms with E-state index < -0.39 is 4.84 Å². The second-order valence-corrected chi connectivity index (χ2v) is 4.74. The molecule has 0 saturated carbocycles. The highest BCUT2D eigenvalue weighted by atomic mass is 35.5. The van der Waals surface area contributed by atoms with Crippen LogP contribution in [-0.2, 0) is 6.42 Å². The predicted molar refractivity (Wildman–Crippen MR) is 59.4 cm³/mol. The van der Waals surface area contributed by atoms with Crippen molar-refractivity contribution in [1.82, 2.24) is 0 Å². The topological polar surface area (TPSA) is 0 Å². The zero-order chi connectivity index (χ0) is 9.84. The molecule has 0 spiro atoms. The van der Waals surface area contributed by atoms with Crippen molar-refractivity contribution in [1.29, 1.82) is 0 Å². The summed E-state index contributed by atoms with van der Waals surface area (Å²) in [5, 5.41) is 0. The highest BCUT2D eigenvalue weighted by Gasteiger charge is 2.04. The molecule has 0 heterocycles. The summed E-state index contributed by atoms with van der Waals surface area (Å²) in [7, 11) is 0. The lowest BCUT2D eigenvalue weighted by Gasteiger charge is -2.07. The van der Waals surface area contributed by atoms with Crippen LogP contribution in [0, 0.1) is 5.92 Å². The molecule has 13 heavy (non-hydrogen) atoms. The van der Waals surface area contributed by atoms with E-state index in [1.807, 2.05) is 12.1 Å². The van der Waals surface area contributed by atoms with Gasteiger partial charge in [-0.3, -0.25) is 0 Å². The third-order valence-electron chi connectivity index (χ3n) is 1.85. The molecule has 0 bridgehead atoms. The first kappa shape index (κ1) is 10.9. The second kappa shape index (κ2) is 4.88. The van der Waals surface area contributed by atoms with E-state index in [1.54, 1.807) is 0 Å². The van der Waals surface area contributed by atoms with Crippen LogP contribution in [0.1, 0.15) is 29.8 Å². The number of benzene rings is 1. The van der Waals surface area contributed by atoms with Gasteiger partial charge in [-0.1, -0.05) is 38.1 Å². The summed E-state index contributed by atoms with van der Waals surface area (Å²) in [4.78, 5) is -0.410. The van der Waals surface area contributed by atoms with Crippen LogP contribution in [0.3, 0.4) is 0 Å². The zero-order valence-corrected chi connectivity index (χ0v) is 9.44. The van der Waals surface area contributed by atoms with Crippen molar-refractivity contribution in [2.45, 2.75) is 25.1 Å². The van der Waals surface area contributed by atoms with Crippen molar-refractivity contribution in [3.05, 3.63) is 35.4 Å². The van der Waals surface area contributed by atoms with Gasteiger partial charge in [0.1, 0.15) is 4.84 Å². The minimum Gasteiger partial charge on any atom is -0.100 e. The van der Waals surface area contributed by atoms with Gasteiger partial charge in [0.05, 0.1) is 0 Å². The van der Waals surface area contributed by atoms with Crippen molar-refractivity contribution in [2.75, 3.05) is 0 Å². The van der Waals surface area contributed by atoms with Crippen molar-refractivity contribution >= 4 is 23.2 Å². The number of alkyl halides is 2. The Morgan fingerprint density at radius 3 is 2.46 bits per heavy atom. The van der Waals surface area contributed by atoms with Gasteiger partial charge in [-0.2, -0.15) is 0 Å². The Bertz CT molecular complexity index is 267. The molecule has 0 atom stereocenters. The van der Waals surface area contributed by atoms with Gasteiger partial charge >= 0.3 is 0 Å². The Balaban J connectivity index is 2.79. The Hall–Kier alpha value is -0.200. The van der Waals surface area contributed by atoms with E-state index in [2.05, 4.69) is 26.0 Å². The third kappa shape index (κ3) is 3.58. The van der Waals surface area contributed by atoms with Gasteiger partial charge in [-0.05, 0) is 23.5 Å². The van der Waals surface area contributed by atoms with E-state index in [0.717, 1.165) is 12.0 Å². The average Bonchev–Trinajstić information content (AvgIpc) is 2.03. The molecule has 2 heteroatoms. The minimum atomic E-state index is -0.410. The van der Waals surface area contributed by atoms with Crippen LogP contribution < -0.4 is 0 Å². The van der Waals surface area contributed by atoms with Crippen molar-refractivity contribution in [3.8, 4) is 0 Å². The molecule has 0 amide bonds. The van der Waals surface area contributed by atoms with Crippen LogP contribution in [0.4, 0.5) is 0 Å². The lowest BCUT2D eigenvalue weighted by Crippen LogP contribution is -1.94. The largest absolute Gasteiger partial charge is 0.132 e. The van der Waals surface area contributed by atoms with Crippen LogP contribution in [0.2, 0.25) is 0 Å². The van der Waals surface area contributed by atoms with E-state index in [9.17, 15) is 0 Å². The van der Waals surface area contributed by atoms with Crippen LogP contribution in [0.15, 0.2) is 24.3 Å². The van der Waals surface area contributed by atoms with Crippen molar-refractivity contribution < 1.29 is 0 Å². The fraction of sp³-hybridized carbons (Fsp3) is 0.455. The standard InChI is InChI=1S/C11H14Cl2/c1-8(2)6-9-4-3-5-10(7-9)11(12)13/h3-5,7-8,11H,6H2,1-2H3. The summed E-state index contributed by atoms with van der Waals surface area (Å²) >= 11 is 11.6. The molecule has 0 N–H and O–H groups in total.